The monoisotopic (exact) mass is 310 g/mol. The van der Waals surface area contributed by atoms with E-state index in [-0.39, 0.29) is 17.6 Å². The van der Waals surface area contributed by atoms with Crippen LogP contribution in [-0.4, -0.2) is 16.2 Å². The number of anilines is 1. The Kier molecular flexibility index (Phi) is 3.61. The van der Waals surface area contributed by atoms with Crippen LogP contribution in [0.25, 0.3) is 0 Å². The number of hydrogen-bond acceptors (Lipinski definition) is 5. The van der Waals surface area contributed by atoms with Crippen LogP contribution >= 0.6 is 15.9 Å². The van der Waals surface area contributed by atoms with Gasteiger partial charge in [-0.2, -0.15) is 0 Å². The van der Waals surface area contributed by atoms with E-state index < -0.39 is 5.91 Å². The number of amides is 1. The molecule has 1 amide bonds. The number of benzene rings is 1. The third-order valence-electron chi connectivity index (χ3n) is 2.43. The molecule has 0 unspecified atom stereocenters. The van der Waals surface area contributed by atoms with E-state index in [4.69, 9.17) is 5.73 Å². The Morgan fingerprint density at radius 2 is 2.28 bits per heavy atom. The van der Waals surface area contributed by atoms with Gasteiger partial charge in [-0.05, 0) is 34.9 Å². The molecule has 94 valence electrons. The minimum Gasteiger partial charge on any atom is -0.379 e. The molecule has 0 aliphatic rings. The zero-order valence-corrected chi connectivity index (χ0v) is 11.1. The summed E-state index contributed by atoms with van der Waals surface area (Å²) in [5.41, 5.74) is 6.41. The van der Waals surface area contributed by atoms with Crippen molar-refractivity contribution < 1.29 is 9.42 Å². The highest BCUT2D eigenvalue weighted by atomic mass is 79.9. The summed E-state index contributed by atoms with van der Waals surface area (Å²) in [6.45, 7) is 1.86. The Hall–Kier alpha value is -1.89. The molecular formula is C11H11BrN4O2. The van der Waals surface area contributed by atoms with Gasteiger partial charge in [0.15, 0.2) is 0 Å². The number of rotatable bonds is 3. The molecule has 0 bridgehead atoms. The number of carbonyl (C=O) groups excluding carboxylic acids is 1. The molecule has 0 aliphatic heterocycles. The number of nitrogens with one attached hydrogen (secondary N) is 1. The minimum atomic E-state index is -0.416. The highest BCUT2D eigenvalue weighted by Crippen LogP contribution is 2.18. The van der Waals surface area contributed by atoms with Gasteiger partial charge in [0, 0.05) is 4.47 Å². The fraction of sp³-hybridized carbons (Fsp3) is 0.182. The molecule has 0 aliphatic carbocycles. The lowest BCUT2D eigenvalue weighted by atomic mass is 10.1. The van der Waals surface area contributed by atoms with Gasteiger partial charge in [0.2, 0.25) is 11.5 Å². The van der Waals surface area contributed by atoms with E-state index in [2.05, 4.69) is 36.2 Å². The van der Waals surface area contributed by atoms with Crippen LogP contribution in [0.5, 0.6) is 0 Å². The van der Waals surface area contributed by atoms with E-state index >= 15 is 0 Å². The Labute approximate surface area is 112 Å². The summed E-state index contributed by atoms with van der Waals surface area (Å²) in [5, 5.41) is 9.57. The highest BCUT2D eigenvalue weighted by molar-refractivity contribution is 9.10. The zero-order valence-electron chi connectivity index (χ0n) is 9.55. The van der Waals surface area contributed by atoms with E-state index in [1.807, 2.05) is 31.2 Å². The van der Waals surface area contributed by atoms with E-state index in [1.54, 1.807) is 0 Å². The van der Waals surface area contributed by atoms with Gasteiger partial charge in [-0.3, -0.25) is 4.79 Å². The fourth-order valence-electron chi connectivity index (χ4n) is 1.48. The molecular weight excluding hydrogens is 300 g/mol. The van der Waals surface area contributed by atoms with Gasteiger partial charge in [-0.1, -0.05) is 28.1 Å². The van der Waals surface area contributed by atoms with Crippen molar-refractivity contribution in [2.24, 2.45) is 0 Å². The highest BCUT2D eigenvalue weighted by Gasteiger charge is 2.18. The lowest BCUT2D eigenvalue weighted by Gasteiger charge is -2.13. The van der Waals surface area contributed by atoms with Crippen molar-refractivity contribution in [2.45, 2.75) is 13.0 Å². The average Bonchev–Trinajstić information content (AvgIpc) is 2.75. The third-order valence-corrected chi connectivity index (χ3v) is 2.92. The SMILES string of the molecule is C[C@@H](NC(=O)c1nonc1N)c1cccc(Br)c1. The van der Waals surface area contributed by atoms with Crippen molar-refractivity contribution in [1.29, 1.82) is 0 Å². The molecule has 0 saturated heterocycles. The van der Waals surface area contributed by atoms with Gasteiger partial charge in [-0.15, -0.1) is 0 Å². The van der Waals surface area contributed by atoms with Crippen LogP contribution in [0, 0.1) is 0 Å². The van der Waals surface area contributed by atoms with Crippen LogP contribution in [0.4, 0.5) is 5.82 Å². The van der Waals surface area contributed by atoms with Crippen LogP contribution in [-0.2, 0) is 0 Å². The molecule has 0 spiro atoms. The smallest absolute Gasteiger partial charge is 0.277 e. The van der Waals surface area contributed by atoms with E-state index in [0.29, 0.717) is 0 Å². The predicted octanol–water partition coefficient (Wildman–Crippen LogP) is 1.91. The zero-order chi connectivity index (χ0) is 13.1. The largest absolute Gasteiger partial charge is 0.379 e. The second-order valence-corrected chi connectivity index (χ2v) is 4.66. The molecule has 18 heavy (non-hydrogen) atoms. The second kappa shape index (κ2) is 5.18. The maximum absolute atomic E-state index is 11.8. The molecule has 1 atom stereocenters. The first kappa shape index (κ1) is 12.6. The number of hydrogen-bond donors (Lipinski definition) is 2. The molecule has 3 N–H and O–H groups in total. The van der Waals surface area contributed by atoms with Gasteiger partial charge in [-0.25, -0.2) is 4.63 Å². The molecule has 6 nitrogen and oxygen atoms in total. The van der Waals surface area contributed by atoms with Gasteiger partial charge >= 0.3 is 0 Å². The first-order chi connectivity index (χ1) is 8.58. The molecule has 7 heteroatoms. The molecule has 0 radical (unpaired) electrons. The van der Waals surface area contributed by atoms with E-state index in [0.717, 1.165) is 10.0 Å². The standard InChI is InChI=1S/C11H11BrN4O2/c1-6(7-3-2-4-8(12)5-7)14-11(17)9-10(13)16-18-15-9/h2-6H,1H3,(H2,13,16)(H,14,17)/t6-/m1/s1. The Morgan fingerprint density at radius 1 is 1.50 bits per heavy atom. The molecule has 2 rings (SSSR count). The Bertz CT molecular complexity index is 570. The molecule has 2 aromatic rings. The van der Waals surface area contributed by atoms with Crippen molar-refractivity contribution in [3.8, 4) is 0 Å². The quantitative estimate of drug-likeness (QED) is 0.903. The summed E-state index contributed by atoms with van der Waals surface area (Å²) >= 11 is 3.38. The van der Waals surface area contributed by atoms with Gasteiger partial charge in [0.25, 0.3) is 5.91 Å². The Morgan fingerprint density at radius 3 is 2.89 bits per heavy atom. The average molecular weight is 311 g/mol. The van der Waals surface area contributed by atoms with Crippen LogP contribution < -0.4 is 11.1 Å². The van der Waals surface area contributed by atoms with Crippen molar-refractivity contribution in [3.63, 3.8) is 0 Å². The first-order valence-corrected chi connectivity index (χ1v) is 6.01. The minimum absolute atomic E-state index is 0.00292. The third kappa shape index (κ3) is 2.67. The molecule has 0 saturated carbocycles. The number of aromatic nitrogens is 2. The summed E-state index contributed by atoms with van der Waals surface area (Å²) in [5.74, 6) is -0.435. The molecule has 1 aromatic carbocycles. The first-order valence-electron chi connectivity index (χ1n) is 5.22. The lowest BCUT2D eigenvalue weighted by molar-refractivity contribution is 0.0930. The van der Waals surface area contributed by atoms with Gasteiger partial charge in [0.1, 0.15) is 0 Å². The van der Waals surface area contributed by atoms with Crippen LogP contribution in [0.1, 0.15) is 29.0 Å². The number of carbonyl (C=O) groups is 1. The number of halogens is 1. The molecule has 1 aromatic heterocycles. The summed E-state index contributed by atoms with van der Waals surface area (Å²) < 4.78 is 5.33. The number of nitrogen functional groups attached to an aromatic ring is 1. The van der Waals surface area contributed by atoms with E-state index in [1.165, 1.54) is 0 Å². The predicted molar refractivity (Wildman–Crippen MR) is 68.7 cm³/mol. The fourth-order valence-corrected chi connectivity index (χ4v) is 1.89. The lowest BCUT2D eigenvalue weighted by Crippen LogP contribution is -2.27. The van der Waals surface area contributed by atoms with Gasteiger partial charge in [0.05, 0.1) is 6.04 Å². The van der Waals surface area contributed by atoms with Crippen LogP contribution in [0.15, 0.2) is 33.4 Å². The van der Waals surface area contributed by atoms with Crippen LogP contribution in [0.2, 0.25) is 0 Å². The second-order valence-electron chi connectivity index (χ2n) is 3.75. The van der Waals surface area contributed by atoms with Crippen molar-refractivity contribution in [2.75, 3.05) is 5.73 Å². The van der Waals surface area contributed by atoms with Gasteiger partial charge < -0.3 is 11.1 Å². The normalized spacial score (nSPS) is 12.1. The maximum atomic E-state index is 11.8. The molecule has 1 heterocycles. The van der Waals surface area contributed by atoms with Crippen molar-refractivity contribution in [3.05, 3.63) is 40.0 Å². The van der Waals surface area contributed by atoms with Crippen LogP contribution in [0.3, 0.4) is 0 Å². The maximum Gasteiger partial charge on any atom is 0.277 e. The summed E-state index contributed by atoms with van der Waals surface area (Å²) in [7, 11) is 0. The number of nitrogens with two attached hydrogens (primary N) is 1. The summed E-state index contributed by atoms with van der Waals surface area (Å²) in [6, 6.07) is 7.48. The molecule has 0 fully saturated rings. The summed E-state index contributed by atoms with van der Waals surface area (Å²) in [6.07, 6.45) is 0. The number of nitrogens with zero attached hydrogens (tertiary/aromatic N) is 2. The topological polar surface area (TPSA) is 94.0 Å². The summed E-state index contributed by atoms with van der Waals surface area (Å²) in [4.78, 5) is 11.8. The Balaban J connectivity index is 2.10. The van der Waals surface area contributed by atoms with Crippen molar-refractivity contribution >= 4 is 27.7 Å². The van der Waals surface area contributed by atoms with E-state index in [9.17, 15) is 4.79 Å². The van der Waals surface area contributed by atoms with Crippen molar-refractivity contribution in [1.82, 2.24) is 15.6 Å².